The summed E-state index contributed by atoms with van der Waals surface area (Å²) in [6, 6.07) is 4.94. The Bertz CT molecular complexity index is 298. The summed E-state index contributed by atoms with van der Waals surface area (Å²) in [5.41, 5.74) is 11.7. The van der Waals surface area contributed by atoms with Crippen LogP contribution in [0.1, 0.15) is 10.4 Å². The van der Waals surface area contributed by atoms with Gasteiger partial charge in [0, 0.05) is 14.8 Å². The van der Waals surface area contributed by atoms with Gasteiger partial charge in [0.2, 0.25) is 5.91 Å². The van der Waals surface area contributed by atoms with Crippen molar-refractivity contribution < 1.29 is 4.79 Å². The van der Waals surface area contributed by atoms with Gasteiger partial charge in [-0.25, -0.2) is 0 Å². The molecule has 0 saturated heterocycles. The summed E-state index contributed by atoms with van der Waals surface area (Å²) in [5, 5.41) is 0. The lowest BCUT2D eigenvalue weighted by Gasteiger charge is -1.98. The fourth-order valence-electron chi connectivity index (χ4n) is 0.680. The van der Waals surface area contributed by atoms with Gasteiger partial charge in [-0.2, -0.15) is 0 Å². The van der Waals surface area contributed by atoms with E-state index in [-0.39, 0.29) is 0 Å². The van der Waals surface area contributed by atoms with Gasteiger partial charge in [-0.3, -0.25) is 4.79 Å². The minimum atomic E-state index is -0.428. The van der Waals surface area contributed by atoms with Gasteiger partial charge >= 0.3 is 0 Å². The Morgan fingerprint density at radius 3 is 2.55 bits per heavy atom. The van der Waals surface area contributed by atoms with Gasteiger partial charge < -0.3 is 11.5 Å². The number of rotatable bonds is 1. The predicted octanol–water partition coefficient (Wildman–Crippen LogP) is 0.972. The highest BCUT2D eigenvalue weighted by Crippen LogP contribution is 2.15. The number of anilines is 1. The molecule has 0 heterocycles. The average molecular weight is 262 g/mol. The van der Waals surface area contributed by atoms with Crippen LogP contribution in [0.3, 0.4) is 0 Å². The monoisotopic (exact) mass is 262 g/mol. The van der Waals surface area contributed by atoms with Crippen molar-refractivity contribution in [2.45, 2.75) is 0 Å². The predicted molar refractivity (Wildman–Crippen MR) is 52.1 cm³/mol. The first-order valence-electron chi connectivity index (χ1n) is 2.96. The molecule has 0 atom stereocenters. The quantitative estimate of drug-likeness (QED) is 0.585. The minimum absolute atomic E-state index is 0.428. The van der Waals surface area contributed by atoms with Crippen molar-refractivity contribution in [3.05, 3.63) is 27.3 Å². The lowest BCUT2D eigenvalue weighted by molar-refractivity contribution is 0.100. The number of nitrogen functional groups attached to an aromatic ring is 1. The highest BCUT2D eigenvalue weighted by atomic mass is 127. The lowest BCUT2D eigenvalue weighted by Crippen LogP contribution is -2.11. The molecule has 3 nitrogen and oxygen atoms in total. The molecule has 0 aliphatic rings. The van der Waals surface area contributed by atoms with Crippen molar-refractivity contribution >= 4 is 34.2 Å². The van der Waals surface area contributed by atoms with Gasteiger partial charge in [0.05, 0.1) is 0 Å². The van der Waals surface area contributed by atoms with Gasteiger partial charge in [0.25, 0.3) is 0 Å². The largest absolute Gasteiger partial charge is 0.398 e. The van der Waals surface area contributed by atoms with E-state index in [4.69, 9.17) is 11.5 Å². The molecule has 0 saturated carbocycles. The van der Waals surface area contributed by atoms with E-state index in [1.807, 2.05) is 0 Å². The third-order valence-electron chi connectivity index (χ3n) is 1.28. The fourth-order valence-corrected chi connectivity index (χ4v) is 1.20. The van der Waals surface area contributed by atoms with Gasteiger partial charge in [-0.1, -0.05) is 0 Å². The molecule has 1 amide bonds. The first-order chi connectivity index (χ1) is 5.11. The molecule has 11 heavy (non-hydrogen) atoms. The van der Waals surface area contributed by atoms with E-state index in [0.29, 0.717) is 11.3 Å². The Kier molecular flexibility index (Phi) is 2.33. The molecule has 0 aliphatic carbocycles. The first-order valence-corrected chi connectivity index (χ1v) is 4.04. The van der Waals surface area contributed by atoms with Crippen LogP contribution in [0.15, 0.2) is 18.2 Å². The van der Waals surface area contributed by atoms with Crippen molar-refractivity contribution in [2.75, 3.05) is 5.73 Å². The van der Waals surface area contributed by atoms with Crippen molar-refractivity contribution in [2.24, 2.45) is 5.73 Å². The summed E-state index contributed by atoms with van der Waals surface area (Å²) in [6.07, 6.45) is 0. The van der Waals surface area contributed by atoms with E-state index in [9.17, 15) is 4.79 Å². The van der Waals surface area contributed by atoms with Gasteiger partial charge in [0.15, 0.2) is 0 Å². The first kappa shape index (κ1) is 8.32. The number of carbonyl (C=O) groups excluding carboxylic acids is 1. The third kappa shape index (κ3) is 1.83. The topological polar surface area (TPSA) is 69.1 Å². The second kappa shape index (κ2) is 3.08. The molecule has 0 bridgehead atoms. The number of halogens is 1. The van der Waals surface area contributed by atoms with Crippen LogP contribution in [0, 0.1) is 3.57 Å². The maximum Gasteiger partial charge on any atom is 0.248 e. The van der Waals surface area contributed by atoms with Crippen molar-refractivity contribution in [3.63, 3.8) is 0 Å². The lowest BCUT2D eigenvalue weighted by atomic mass is 10.2. The van der Waals surface area contributed by atoms with Crippen LogP contribution < -0.4 is 11.5 Å². The third-order valence-corrected chi connectivity index (χ3v) is 2.22. The number of amides is 1. The van der Waals surface area contributed by atoms with Crippen LogP contribution >= 0.6 is 22.6 Å². The van der Waals surface area contributed by atoms with E-state index in [0.717, 1.165) is 3.57 Å². The molecule has 1 aromatic carbocycles. The number of carbonyl (C=O) groups is 1. The zero-order valence-corrected chi connectivity index (χ0v) is 7.83. The highest BCUT2D eigenvalue weighted by Gasteiger charge is 2.01. The van der Waals surface area contributed by atoms with Crippen LogP contribution in [0.5, 0.6) is 0 Å². The number of hydrogen-bond donors (Lipinski definition) is 2. The molecule has 4 N–H and O–H groups in total. The molecule has 0 fully saturated rings. The Morgan fingerprint density at radius 1 is 1.45 bits per heavy atom. The Balaban J connectivity index is 3.15. The Hall–Kier alpha value is -0.780. The van der Waals surface area contributed by atoms with Crippen LogP contribution in [0.4, 0.5) is 5.69 Å². The van der Waals surface area contributed by atoms with Gasteiger partial charge in [0.1, 0.15) is 0 Å². The van der Waals surface area contributed by atoms with Gasteiger partial charge in [-0.05, 0) is 40.8 Å². The molecule has 58 valence electrons. The maximum absolute atomic E-state index is 10.6. The van der Waals surface area contributed by atoms with Gasteiger partial charge in [-0.15, -0.1) is 0 Å². The average Bonchev–Trinajstić information content (AvgIpc) is 1.94. The molecular formula is C7H7IN2O. The number of nitrogens with two attached hydrogens (primary N) is 2. The fraction of sp³-hybridized carbons (Fsp3) is 0. The van der Waals surface area contributed by atoms with E-state index in [1.54, 1.807) is 18.2 Å². The smallest absolute Gasteiger partial charge is 0.248 e. The summed E-state index contributed by atoms with van der Waals surface area (Å²) in [4.78, 5) is 10.6. The van der Waals surface area contributed by atoms with E-state index < -0.39 is 5.91 Å². The van der Waals surface area contributed by atoms with E-state index >= 15 is 0 Å². The van der Waals surface area contributed by atoms with E-state index in [1.165, 1.54) is 0 Å². The zero-order valence-electron chi connectivity index (χ0n) is 5.67. The second-order valence-corrected chi connectivity index (χ2v) is 3.26. The van der Waals surface area contributed by atoms with E-state index in [2.05, 4.69) is 22.6 Å². The summed E-state index contributed by atoms with van der Waals surface area (Å²) < 4.78 is 0.846. The van der Waals surface area contributed by atoms with Crippen LogP contribution in [-0.4, -0.2) is 5.91 Å². The normalized spacial score (nSPS) is 9.55. The van der Waals surface area contributed by atoms with Crippen LogP contribution in [0.2, 0.25) is 0 Å². The molecule has 0 unspecified atom stereocenters. The molecule has 0 aromatic heterocycles. The molecule has 1 aromatic rings. The summed E-state index contributed by atoms with van der Waals surface area (Å²) >= 11 is 2.05. The number of benzene rings is 1. The summed E-state index contributed by atoms with van der Waals surface area (Å²) in [7, 11) is 0. The molecule has 0 aliphatic heterocycles. The molecule has 0 radical (unpaired) electrons. The zero-order chi connectivity index (χ0) is 8.43. The van der Waals surface area contributed by atoms with Crippen LogP contribution in [0.25, 0.3) is 0 Å². The van der Waals surface area contributed by atoms with Crippen molar-refractivity contribution in [1.29, 1.82) is 0 Å². The molecule has 0 spiro atoms. The van der Waals surface area contributed by atoms with Crippen molar-refractivity contribution in [3.8, 4) is 0 Å². The number of hydrogen-bond acceptors (Lipinski definition) is 2. The minimum Gasteiger partial charge on any atom is -0.398 e. The number of primary amides is 1. The SMILES string of the molecule is NC(=O)c1ccc(N)c(I)c1. The highest BCUT2D eigenvalue weighted by molar-refractivity contribution is 14.1. The van der Waals surface area contributed by atoms with Crippen molar-refractivity contribution in [1.82, 2.24) is 0 Å². The Labute approximate surface area is 77.9 Å². The standard InChI is InChI=1S/C7H7IN2O/c8-5-3-4(7(10)11)1-2-6(5)9/h1-3H,9H2,(H2,10,11). The Morgan fingerprint density at radius 2 is 2.09 bits per heavy atom. The molecular weight excluding hydrogens is 255 g/mol. The second-order valence-electron chi connectivity index (χ2n) is 2.10. The summed E-state index contributed by atoms with van der Waals surface area (Å²) in [6.45, 7) is 0. The maximum atomic E-state index is 10.6. The van der Waals surface area contributed by atoms with Crippen LogP contribution in [-0.2, 0) is 0 Å². The molecule has 1 rings (SSSR count). The molecule has 4 heteroatoms. The summed E-state index contributed by atoms with van der Waals surface area (Å²) in [5.74, 6) is -0.428.